The van der Waals surface area contributed by atoms with Crippen molar-refractivity contribution in [2.45, 2.75) is 46.1 Å². The summed E-state index contributed by atoms with van der Waals surface area (Å²) in [5, 5.41) is 0. The van der Waals surface area contributed by atoms with Gasteiger partial charge in [-0.2, -0.15) is 0 Å². The molecule has 0 saturated carbocycles. The molecule has 0 aliphatic heterocycles. The number of ether oxygens (including phenoxy) is 2. The Bertz CT molecular complexity index is 398. The van der Waals surface area contributed by atoms with Crippen molar-refractivity contribution in [3.8, 4) is 11.5 Å². The van der Waals surface area contributed by atoms with Gasteiger partial charge >= 0.3 is 6.36 Å². The molecule has 0 unspecified atom stereocenters. The van der Waals surface area contributed by atoms with E-state index in [0.717, 1.165) is 5.56 Å². The Kier molecular flexibility index (Phi) is 4.48. The third-order valence-corrected chi connectivity index (χ3v) is 2.17. The van der Waals surface area contributed by atoms with Crippen LogP contribution in [-0.2, 0) is 0 Å². The number of hydrogen-bond donors (Lipinski definition) is 0. The molecule has 0 amide bonds. The predicted molar refractivity (Wildman–Crippen MR) is 63.0 cm³/mol. The lowest BCUT2D eigenvalue weighted by Crippen LogP contribution is -2.17. The third-order valence-electron chi connectivity index (χ3n) is 2.17. The highest BCUT2D eigenvalue weighted by Crippen LogP contribution is 2.31. The van der Waals surface area contributed by atoms with E-state index in [9.17, 15) is 13.2 Å². The molecule has 5 heteroatoms. The standard InChI is InChI=1S/C13H17F3O2/c1-8(2)10-5-11(17-9(3)4)7-12(6-10)18-13(14,15)16/h5-9H,1-4H3. The van der Waals surface area contributed by atoms with Crippen molar-refractivity contribution in [2.75, 3.05) is 0 Å². The Balaban J connectivity index is 3.06. The van der Waals surface area contributed by atoms with E-state index >= 15 is 0 Å². The van der Waals surface area contributed by atoms with Gasteiger partial charge in [0.05, 0.1) is 6.10 Å². The maximum absolute atomic E-state index is 12.2. The monoisotopic (exact) mass is 262 g/mol. The highest BCUT2D eigenvalue weighted by Gasteiger charge is 2.31. The summed E-state index contributed by atoms with van der Waals surface area (Å²) < 4.78 is 46.0. The van der Waals surface area contributed by atoms with Gasteiger partial charge in [0.25, 0.3) is 0 Å². The van der Waals surface area contributed by atoms with E-state index in [1.54, 1.807) is 6.07 Å². The average Bonchev–Trinajstić information content (AvgIpc) is 2.12. The van der Waals surface area contributed by atoms with Crippen LogP contribution in [-0.4, -0.2) is 12.5 Å². The van der Waals surface area contributed by atoms with Crippen LogP contribution in [0.4, 0.5) is 13.2 Å². The molecule has 0 heterocycles. The molecule has 0 fully saturated rings. The summed E-state index contributed by atoms with van der Waals surface area (Å²) in [7, 11) is 0. The van der Waals surface area contributed by atoms with E-state index in [4.69, 9.17) is 4.74 Å². The molecule has 2 nitrogen and oxygen atoms in total. The molecule has 0 radical (unpaired) electrons. The second kappa shape index (κ2) is 5.50. The minimum absolute atomic E-state index is 0.0938. The minimum atomic E-state index is -4.69. The molecule has 1 aromatic carbocycles. The molecule has 18 heavy (non-hydrogen) atoms. The smallest absolute Gasteiger partial charge is 0.491 e. The van der Waals surface area contributed by atoms with Gasteiger partial charge < -0.3 is 9.47 Å². The van der Waals surface area contributed by atoms with Gasteiger partial charge in [-0.05, 0) is 37.5 Å². The Morgan fingerprint density at radius 3 is 1.94 bits per heavy atom. The lowest BCUT2D eigenvalue weighted by atomic mass is 10.0. The van der Waals surface area contributed by atoms with Crippen molar-refractivity contribution in [3.63, 3.8) is 0 Å². The van der Waals surface area contributed by atoms with Crippen LogP contribution in [0, 0.1) is 0 Å². The van der Waals surface area contributed by atoms with Crippen molar-refractivity contribution < 1.29 is 22.6 Å². The lowest BCUT2D eigenvalue weighted by Gasteiger charge is -2.16. The molecule has 0 bridgehead atoms. The Hall–Kier alpha value is -1.39. The highest BCUT2D eigenvalue weighted by atomic mass is 19.4. The Labute approximate surface area is 105 Å². The molecule has 0 atom stereocenters. The summed E-state index contributed by atoms with van der Waals surface area (Å²) in [5.41, 5.74) is 0.743. The largest absolute Gasteiger partial charge is 0.573 e. The van der Waals surface area contributed by atoms with Gasteiger partial charge in [-0.3, -0.25) is 0 Å². The molecule has 0 aliphatic rings. The first-order valence-corrected chi connectivity index (χ1v) is 5.75. The van der Waals surface area contributed by atoms with Crippen LogP contribution in [0.2, 0.25) is 0 Å². The second-order valence-corrected chi connectivity index (χ2v) is 4.61. The summed E-state index contributed by atoms with van der Waals surface area (Å²) in [6, 6.07) is 4.36. The quantitative estimate of drug-likeness (QED) is 0.795. The number of rotatable bonds is 4. The number of hydrogen-bond acceptors (Lipinski definition) is 2. The van der Waals surface area contributed by atoms with E-state index in [-0.39, 0.29) is 17.8 Å². The van der Waals surface area contributed by atoms with Crippen LogP contribution < -0.4 is 9.47 Å². The van der Waals surface area contributed by atoms with E-state index in [2.05, 4.69) is 4.74 Å². The minimum Gasteiger partial charge on any atom is -0.491 e. The Morgan fingerprint density at radius 1 is 0.944 bits per heavy atom. The van der Waals surface area contributed by atoms with Crippen LogP contribution in [0.1, 0.15) is 39.2 Å². The van der Waals surface area contributed by atoms with Gasteiger partial charge in [0, 0.05) is 6.07 Å². The van der Waals surface area contributed by atoms with Crippen molar-refractivity contribution in [2.24, 2.45) is 0 Å². The summed E-state index contributed by atoms with van der Waals surface area (Å²) in [4.78, 5) is 0. The first-order valence-electron chi connectivity index (χ1n) is 5.75. The fourth-order valence-electron chi connectivity index (χ4n) is 1.46. The zero-order chi connectivity index (χ0) is 13.9. The molecule has 1 rings (SSSR count). The van der Waals surface area contributed by atoms with E-state index in [0.29, 0.717) is 5.75 Å². The van der Waals surface area contributed by atoms with Crippen LogP contribution in [0.5, 0.6) is 11.5 Å². The Morgan fingerprint density at radius 2 is 1.50 bits per heavy atom. The molecule has 0 aromatic heterocycles. The molecular formula is C13H17F3O2. The third kappa shape index (κ3) is 4.85. The van der Waals surface area contributed by atoms with Gasteiger partial charge in [-0.15, -0.1) is 13.2 Å². The number of benzene rings is 1. The van der Waals surface area contributed by atoms with Crippen LogP contribution in [0.3, 0.4) is 0 Å². The van der Waals surface area contributed by atoms with Gasteiger partial charge in [-0.25, -0.2) is 0 Å². The maximum atomic E-state index is 12.2. The fraction of sp³-hybridized carbons (Fsp3) is 0.538. The van der Waals surface area contributed by atoms with Gasteiger partial charge in [0.15, 0.2) is 0 Å². The first kappa shape index (κ1) is 14.7. The van der Waals surface area contributed by atoms with E-state index in [1.807, 2.05) is 27.7 Å². The lowest BCUT2D eigenvalue weighted by molar-refractivity contribution is -0.274. The molecule has 0 N–H and O–H groups in total. The van der Waals surface area contributed by atoms with Gasteiger partial charge in [0.1, 0.15) is 11.5 Å². The second-order valence-electron chi connectivity index (χ2n) is 4.61. The zero-order valence-corrected chi connectivity index (χ0v) is 10.8. The predicted octanol–water partition coefficient (Wildman–Crippen LogP) is 4.50. The molecule has 0 saturated heterocycles. The van der Waals surface area contributed by atoms with E-state index < -0.39 is 6.36 Å². The van der Waals surface area contributed by atoms with Crippen molar-refractivity contribution in [3.05, 3.63) is 23.8 Å². The van der Waals surface area contributed by atoms with Crippen LogP contribution >= 0.6 is 0 Å². The zero-order valence-electron chi connectivity index (χ0n) is 10.8. The number of halogens is 3. The fourth-order valence-corrected chi connectivity index (χ4v) is 1.46. The number of alkyl halides is 3. The normalized spacial score (nSPS) is 12.1. The van der Waals surface area contributed by atoms with Gasteiger partial charge in [0.2, 0.25) is 0 Å². The maximum Gasteiger partial charge on any atom is 0.573 e. The summed E-state index contributed by atoms with van der Waals surface area (Å²) >= 11 is 0. The van der Waals surface area contributed by atoms with Crippen molar-refractivity contribution in [1.82, 2.24) is 0 Å². The van der Waals surface area contributed by atoms with Crippen molar-refractivity contribution >= 4 is 0 Å². The van der Waals surface area contributed by atoms with Crippen LogP contribution in [0.15, 0.2) is 18.2 Å². The summed E-state index contributed by atoms with van der Waals surface area (Å²) in [6.45, 7) is 7.41. The van der Waals surface area contributed by atoms with E-state index in [1.165, 1.54) is 12.1 Å². The SMILES string of the molecule is CC(C)Oc1cc(OC(F)(F)F)cc(C(C)C)c1. The summed E-state index contributed by atoms with van der Waals surface area (Å²) in [6.07, 6.45) is -4.80. The molecule has 0 spiro atoms. The first-order chi connectivity index (χ1) is 8.17. The topological polar surface area (TPSA) is 18.5 Å². The summed E-state index contributed by atoms with van der Waals surface area (Å²) in [5.74, 6) is 0.232. The molecular weight excluding hydrogens is 245 g/mol. The van der Waals surface area contributed by atoms with Crippen molar-refractivity contribution in [1.29, 1.82) is 0 Å². The van der Waals surface area contributed by atoms with Crippen LogP contribution in [0.25, 0.3) is 0 Å². The molecule has 102 valence electrons. The molecule has 1 aromatic rings. The van der Waals surface area contributed by atoms with Gasteiger partial charge in [-0.1, -0.05) is 13.8 Å². The average molecular weight is 262 g/mol. The molecule has 0 aliphatic carbocycles. The highest BCUT2D eigenvalue weighted by molar-refractivity contribution is 5.40.